The van der Waals surface area contributed by atoms with Crippen molar-refractivity contribution in [3.63, 3.8) is 0 Å². The number of esters is 1. The predicted octanol–water partition coefficient (Wildman–Crippen LogP) is 5.59. The molecule has 1 N–H and O–H groups in total. The molecule has 10 heteroatoms. The summed E-state index contributed by atoms with van der Waals surface area (Å²) < 4.78 is 53.5. The van der Waals surface area contributed by atoms with E-state index in [4.69, 9.17) is 23.9 Å². The number of aliphatic imine (C=N–C) groups is 1. The first-order chi connectivity index (χ1) is 22.1. The van der Waals surface area contributed by atoms with E-state index < -0.39 is 27.6 Å². The number of cyclic esters (lactones) is 1. The van der Waals surface area contributed by atoms with Crippen LogP contribution >= 0.6 is 0 Å². The molecule has 4 aromatic rings. The number of hydrogen-bond donors (Lipinski definition) is 1. The summed E-state index contributed by atoms with van der Waals surface area (Å²) >= 11 is 0. The molecule has 9 nitrogen and oxygen atoms in total. The molecule has 0 bridgehead atoms. The zero-order valence-electron chi connectivity index (χ0n) is 26.6. The van der Waals surface area contributed by atoms with E-state index in [0.29, 0.717) is 34.8 Å². The Morgan fingerprint density at radius 2 is 1.43 bits per heavy atom. The maximum atomic E-state index is 14.2. The van der Waals surface area contributed by atoms with Crippen molar-refractivity contribution in [3.05, 3.63) is 119 Å². The minimum absolute atomic E-state index is 0.0237. The molecule has 0 aromatic heterocycles. The van der Waals surface area contributed by atoms with E-state index in [9.17, 15) is 13.2 Å². The standard InChI is InChI=1S/C36H38N2O7S/c1-24-16-18-31(25(2)20-24)46(40,41)38-32(19-17-26-12-8-6-9-13-26)36(23-27-14-10-7-11-15-27)35(39)45-34(37-36)28-21-29(42-3)33(44-5)30(22-28)43-4/h6-16,18,20-22,32,38H,17,19,23H2,1-5H3/t32-,36+/m1/s1. The second kappa shape index (κ2) is 13.8. The first kappa shape index (κ1) is 32.7. The molecule has 0 saturated heterocycles. The van der Waals surface area contributed by atoms with Gasteiger partial charge in [0.2, 0.25) is 21.7 Å². The lowest BCUT2D eigenvalue weighted by atomic mass is 9.82. The van der Waals surface area contributed by atoms with Crippen LogP contribution < -0.4 is 18.9 Å². The monoisotopic (exact) mass is 642 g/mol. The molecule has 0 aliphatic carbocycles. The van der Waals surface area contributed by atoms with Crippen molar-refractivity contribution in [2.45, 2.75) is 49.6 Å². The zero-order chi connectivity index (χ0) is 32.9. The molecule has 0 saturated carbocycles. The van der Waals surface area contributed by atoms with Crippen LogP contribution in [0.25, 0.3) is 0 Å². The maximum Gasteiger partial charge on any atom is 0.342 e. The number of rotatable bonds is 13. The van der Waals surface area contributed by atoms with Crippen LogP contribution in [-0.4, -0.2) is 53.2 Å². The highest BCUT2D eigenvalue weighted by Gasteiger charge is 2.53. The van der Waals surface area contributed by atoms with Gasteiger partial charge in [0.25, 0.3) is 0 Å². The topological polar surface area (TPSA) is 113 Å². The first-order valence-electron chi connectivity index (χ1n) is 14.9. The van der Waals surface area contributed by atoms with E-state index in [0.717, 1.165) is 16.7 Å². The van der Waals surface area contributed by atoms with Crippen LogP contribution in [0, 0.1) is 13.8 Å². The summed E-state index contributed by atoms with van der Waals surface area (Å²) in [7, 11) is 0.380. The van der Waals surface area contributed by atoms with Gasteiger partial charge in [-0.05, 0) is 61.6 Å². The van der Waals surface area contributed by atoms with E-state index in [1.807, 2.05) is 73.7 Å². The smallest absolute Gasteiger partial charge is 0.342 e. The lowest BCUT2D eigenvalue weighted by molar-refractivity contribution is -0.140. The number of nitrogens with one attached hydrogen (secondary N) is 1. The van der Waals surface area contributed by atoms with Crippen LogP contribution in [0.2, 0.25) is 0 Å². The Balaban J connectivity index is 1.67. The van der Waals surface area contributed by atoms with Gasteiger partial charge in [0, 0.05) is 12.0 Å². The third-order valence-corrected chi connectivity index (χ3v) is 9.76. The predicted molar refractivity (Wildman–Crippen MR) is 176 cm³/mol. The number of carbonyl (C=O) groups excluding carboxylic acids is 1. The fourth-order valence-electron chi connectivity index (χ4n) is 5.82. The highest BCUT2D eigenvalue weighted by Crippen LogP contribution is 2.40. The highest BCUT2D eigenvalue weighted by atomic mass is 32.2. The summed E-state index contributed by atoms with van der Waals surface area (Å²) in [6.07, 6.45) is 0.845. The van der Waals surface area contributed by atoms with E-state index in [1.165, 1.54) is 21.3 Å². The Labute approximate surface area is 270 Å². The second-order valence-electron chi connectivity index (χ2n) is 11.3. The van der Waals surface area contributed by atoms with Crippen molar-refractivity contribution < 1.29 is 32.2 Å². The van der Waals surface area contributed by atoms with Crippen LogP contribution in [0.1, 0.15) is 34.2 Å². The third kappa shape index (κ3) is 6.78. The van der Waals surface area contributed by atoms with Gasteiger partial charge >= 0.3 is 5.97 Å². The van der Waals surface area contributed by atoms with Gasteiger partial charge in [-0.25, -0.2) is 22.9 Å². The number of ether oxygens (including phenoxy) is 4. The number of carbonyl (C=O) groups is 1. The van der Waals surface area contributed by atoms with Gasteiger partial charge in [0.05, 0.1) is 32.3 Å². The molecule has 5 rings (SSSR count). The van der Waals surface area contributed by atoms with E-state index in [1.54, 1.807) is 31.2 Å². The molecule has 1 aliphatic rings. The normalized spacial score (nSPS) is 16.8. The van der Waals surface area contributed by atoms with E-state index in [2.05, 4.69) is 4.72 Å². The molecule has 0 amide bonds. The number of methoxy groups -OCH3 is 3. The lowest BCUT2D eigenvalue weighted by Crippen LogP contribution is -2.56. The minimum Gasteiger partial charge on any atom is -0.493 e. The summed E-state index contributed by atoms with van der Waals surface area (Å²) in [6, 6.07) is 26.6. The minimum atomic E-state index is -4.10. The Kier molecular flexibility index (Phi) is 9.79. The Bertz CT molecular complexity index is 1820. The Morgan fingerprint density at radius 3 is 2.00 bits per heavy atom. The van der Waals surface area contributed by atoms with Gasteiger partial charge in [-0.2, -0.15) is 0 Å². The molecule has 0 spiro atoms. The quantitative estimate of drug-likeness (QED) is 0.189. The molecule has 0 radical (unpaired) electrons. The fraction of sp³-hybridized carbons (Fsp3) is 0.278. The molecule has 0 fully saturated rings. The van der Waals surface area contributed by atoms with Crippen molar-refractivity contribution in [1.82, 2.24) is 4.72 Å². The molecule has 1 aliphatic heterocycles. The van der Waals surface area contributed by atoms with Crippen molar-refractivity contribution >= 4 is 21.9 Å². The van der Waals surface area contributed by atoms with Crippen LogP contribution in [0.3, 0.4) is 0 Å². The highest BCUT2D eigenvalue weighted by molar-refractivity contribution is 7.89. The number of benzene rings is 4. The van der Waals surface area contributed by atoms with Gasteiger partial charge in [-0.3, -0.25) is 0 Å². The molecular formula is C36H38N2O7S. The largest absolute Gasteiger partial charge is 0.493 e. The third-order valence-electron chi connectivity index (χ3n) is 8.13. The van der Waals surface area contributed by atoms with Gasteiger partial charge in [-0.15, -0.1) is 0 Å². The van der Waals surface area contributed by atoms with Crippen molar-refractivity contribution in [1.29, 1.82) is 0 Å². The molecule has 240 valence electrons. The van der Waals surface area contributed by atoms with Crippen LogP contribution in [0.15, 0.2) is 101 Å². The Morgan fingerprint density at radius 1 is 0.826 bits per heavy atom. The van der Waals surface area contributed by atoms with Crippen LogP contribution in [0.5, 0.6) is 17.2 Å². The molecular weight excluding hydrogens is 604 g/mol. The maximum absolute atomic E-state index is 14.2. The first-order valence-corrected chi connectivity index (χ1v) is 16.4. The lowest BCUT2D eigenvalue weighted by Gasteiger charge is -2.32. The Hall–Kier alpha value is -4.67. The van der Waals surface area contributed by atoms with Crippen molar-refractivity contribution in [2.75, 3.05) is 21.3 Å². The average molecular weight is 643 g/mol. The van der Waals surface area contributed by atoms with Gasteiger partial charge in [-0.1, -0.05) is 78.4 Å². The van der Waals surface area contributed by atoms with E-state index >= 15 is 0 Å². The number of hydrogen-bond acceptors (Lipinski definition) is 8. The van der Waals surface area contributed by atoms with Crippen LogP contribution in [0.4, 0.5) is 0 Å². The van der Waals surface area contributed by atoms with Gasteiger partial charge in [0.1, 0.15) is 0 Å². The zero-order valence-corrected chi connectivity index (χ0v) is 27.4. The molecule has 2 atom stereocenters. The summed E-state index contributed by atoms with van der Waals surface area (Å²) in [6.45, 7) is 3.66. The van der Waals surface area contributed by atoms with Gasteiger partial charge < -0.3 is 18.9 Å². The summed E-state index contributed by atoms with van der Waals surface area (Å²) in [5.41, 5.74) is 2.10. The molecule has 46 heavy (non-hydrogen) atoms. The molecule has 4 aromatic carbocycles. The summed E-state index contributed by atoms with van der Waals surface area (Å²) in [5.74, 6) is 0.438. The molecule has 0 unspecified atom stereocenters. The summed E-state index contributed by atoms with van der Waals surface area (Å²) in [4.78, 5) is 19.3. The fourth-order valence-corrected chi connectivity index (χ4v) is 7.36. The number of nitrogens with zero attached hydrogens (tertiary/aromatic N) is 1. The number of sulfonamides is 1. The average Bonchev–Trinajstić information content (AvgIpc) is 3.39. The van der Waals surface area contributed by atoms with Crippen molar-refractivity contribution in [2.24, 2.45) is 4.99 Å². The van der Waals surface area contributed by atoms with E-state index in [-0.39, 0.29) is 23.6 Å². The number of aryl methyl sites for hydroxylation is 3. The van der Waals surface area contributed by atoms with Gasteiger partial charge in [0.15, 0.2) is 17.0 Å². The van der Waals surface area contributed by atoms with Crippen molar-refractivity contribution in [3.8, 4) is 17.2 Å². The SMILES string of the molecule is COc1cc(C2=N[C@@](Cc3ccccc3)([C@@H](CCc3ccccc3)NS(=O)(=O)c3ccc(C)cc3C)C(=O)O2)cc(OC)c1OC. The summed E-state index contributed by atoms with van der Waals surface area (Å²) in [5, 5.41) is 0. The molecule has 1 heterocycles. The second-order valence-corrected chi connectivity index (χ2v) is 13.0. The van der Waals surface area contributed by atoms with Crippen LogP contribution in [-0.2, 0) is 32.4 Å².